The lowest BCUT2D eigenvalue weighted by atomic mass is 10.2. The van der Waals surface area contributed by atoms with Gasteiger partial charge < -0.3 is 0 Å². The molecule has 0 amide bonds. The van der Waals surface area contributed by atoms with Crippen molar-refractivity contribution in [1.82, 2.24) is 0 Å². The minimum absolute atomic E-state index is 0.844. The lowest BCUT2D eigenvalue weighted by molar-refractivity contribution is 0.676. The second kappa shape index (κ2) is 8.72. The highest BCUT2D eigenvalue weighted by Gasteiger charge is 1.89. The Balaban J connectivity index is 2.33. The first-order valence-electron chi connectivity index (χ1n) is 6.58. The van der Waals surface area contributed by atoms with Crippen molar-refractivity contribution in [2.75, 3.05) is 6.54 Å². The summed E-state index contributed by atoms with van der Waals surface area (Å²) in [6.07, 6.45) is 6.03. The summed E-state index contributed by atoms with van der Waals surface area (Å²) in [6.45, 7) is 5.21. The summed E-state index contributed by atoms with van der Waals surface area (Å²) in [5, 5.41) is 0. The van der Waals surface area contributed by atoms with Gasteiger partial charge >= 0.3 is 0 Å². The second-order valence-corrected chi connectivity index (χ2v) is 4.17. The van der Waals surface area contributed by atoms with Crippen molar-refractivity contribution in [3.63, 3.8) is 0 Å². The van der Waals surface area contributed by atoms with Crippen LogP contribution in [0.4, 0.5) is 5.69 Å². The number of hydrogen-bond donors (Lipinski definition) is 0. The van der Waals surface area contributed by atoms with E-state index in [9.17, 15) is 0 Å². The van der Waals surface area contributed by atoms with Crippen molar-refractivity contribution < 1.29 is 0 Å². The van der Waals surface area contributed by atoms with Crippen molar-refractivity contribution in [2.45, 2.75) is 46.0 Å². The average Bonchev–Trinajstić information content (AvgIpc) is 2.38. The van der Waals surface area contributed by atoms with E-state index in [1.807, 2.05) is 12.1 Å². The number of benzene rings is 1. The Kier molecular flexibility index (Phi) is 7.01. The van der Waals surface area contributed by atoms with Crippen molar-refractivity contribution >= 4 is 11.7 Å². The quantitative estimate of drug-likeness (QED) is 0.482. The van der Waals surface area contributed by atoms with Gasteiger partial charge in [-0.3, -0.25) is 0 Å². The molecule has 0 saturated heterocycles. The van der Waals surface area contributed by atoms with E-state index in [-0.39, 0.29) is 0 Å². The van der Waals surface area contributed by atoms with Crippen LogP contribution in [0.25, 0.3) is 0 Å². The fourth-order valence-electron chi connectivity index (χ4n) is 1.57. The van der Waals surface area contributed by atoms with Crippen molar-refractivity contribution in [1.29, 1.82) is 0 Å². The van der Waals surface area contributed by atoms with E-state index in [0.29, 0.717) is 0 Å². The zero-order valence-electron chi connectivity index (χ0n) is 10.9. The van der Waals surface area contributed by atoms with Gasteiger partial charge in [-0.1, -0.05) is 45.2 Å². The fourth-order valence-corrected chi connectivity index (χ4v) is 1.57. The molecule has 2 nitrogen and oxygen atoms in total. The van der Waals surface area contributed by atoms with Gasteiger partial charge in [0.2, 0.25) is 0 Å². The van der Waals surface area contributed by atoms with Gasteiger partial charge in [0.15, 0.2) is 0 Å². The van der Waals surface area contributed by atoms with Crippen LogP contribution < -0.4 is 0 Å². The highest BCUT2D eigenvalue weighted by Crippen LogP contribution is 2.12. The molecule has 0 aliphatic rings. The Hall–Kier alpha value is -1.40. The molecular formula is C15H22N2. The maximum atomic E-state index is 4.18. The molecule has 1 rings (SSSR count). The van der Waals surface area contributed by atoms with E-state index >= 15 is 0 Å². The van der Waals surface area contributed by atoms with E-state index in [4.69, 9.17) is 0 Å². The van der Waals surface area contributed by atoms with Crippen LogP contribution in [0.15, 0.2) is 34.3 Å². The monoisotopic (exact) mass is 230 g/mol. The maximum absolute atomic E-state index is 4.18. The van der Waals surface area contributed by atoms with Crippen LogP contribution in [0.1, 0.15) is 45.1 Å². The van der Waals surface area contributed by atoms with Gasteiger partial charge in [0.05, 0.1) is 11.7 Å². The van der Waals surface area contributed by atoms with E-state index in [0.717, 1.165) is 25.1 Å². The summed E-state index contributed by atoms with van der Waals surface area (Å²) in [6, 6.07) is 11.0. The molecule has 0 saturated carbocycles. The van der Waals surface area contributed by atoms with Gasteiger partial charge in [-0.15, -0.1) is 0 Å². The summed E-state index contributed by atoms with van der Waals surface area (Å²) in [5.74, 6) is 0. The molecule has 0 atom stereocenters. The Bertz CT molecular complexity index is 359. The Morgan fingerprint density at radius 2 is 1.76 bits per heavy atom. The first-order chi connectivity index (χ1) is 8.36. The van der Waals surface area contributed by atoms with Crippen molar-refractivity contribution in [3.05, 3.63) is 29.8 Å². The molecule has 0 fully saturated rings. The number of rotatable bonds is 7. The molecule has 17 heavy (non-hydrogen) atoms. The molecule has 2 heteroatoms. The van der Waals surface area contributed by atoms with E-state index in [1.165, 1.54) is 24.8 Å². The highest BCUT2D eigenvalue weighted by atomic mass is 14.8. The van der Waals surface area contributed by atoms with Gasteiger partial charge in [-0.25, -0.2) is 4.99 Å². The standard InChI is InChI=1S/C15H22N2/c1-3-5-6-7-12-16-13-17-15-10-8-14(4-2)9-11-15/h8-11H,3-7,12H2,1-2H3. The number of aliphatic imine (C=N–C) groups is 2. The summed E-state index contributed by atoms with van der Waals surface area (Å²) in [4.78, 5) is 8.35. The first-order valence-corrected chi connectivity index (χ1v) is 6.58. The van der Waals surface area contributed by atoms with Gasteiger partial charge in [0, 0.05) is 6.54 Å². The third-order valence-corrected chi connectivity index (χ3v) is 2.72. The van der Waals surface area contributed by atoms with E-state index < -0.39 is 0 Å². The molecule has 1 aromatic carbocycles. The largest absolute Gasteiger partial charge is 0.225 e. The van der Waals surface area contributed by atoms with Crippen LogP contribution in [-0.2, 0) is 6.42 Å². The average molecular weight is 230 g/mol. The Morgan fingerprint density at radius 1 is 1.00 bits per heavy atom. The van der Waals surface area contributed by atoms with Crippen molar-refractivity contribution in [3.8, 4) is 0 Å². The van der Waals surface area contributed by atoms with Gasteiger partial charge in [-0.2, -0.15) is 4.99 Å². The van der Waals surface area contributed by atoms with Crippen LogP contribution in [0.3, 0.4) is 0 Å². The van der Waals surface area contributed by atoms with Crippen LogP contribution in [0.5, 0.6) is 0 Å². The summed E-state index contributed by atoms with van der Waals surface area (Å²) >= 11 is 0. The minimum atomic E-state index is 0.844. The minimum Gasteiger partial charge on any atom is -0.225 e. The highest BCUT2D eigenvalue weighted by molar-refractivity contribution is 5.52. The maximum Gasteiger partial charge on any atom is 0.0948 e. The fraction of sp³-hybridized carbons (Fsp3) is 0.533. The van der Waals surface area contributed by atoms with Crippen LogP contribution in [-0.4, -0.2) is 12.6 Å². The van der Waals surface area contributed by atoms with E-state index in [2.05, 4.69) is 42.0 Å². The van der Waals surface area contributed by atoms with Crippen LogP contribution in [0, 0.1) is 0 Å². The molecule has 0 spiro atoms. The lowest BCUT2D eigenvalue weighted by Gasteiger charge is -1.95. The molecule has 0 aliphatic heterocycles. The first kappa shape index (κ1) is 13.7. The predicted molar refractivity (Wildman–Crippen MR) is 74.4 cm³/mol. The summed E-state index contributed by atoms with van der Waals surface area (Å²) in [7, 11) is 0. The molecule has 0 unspecified atom stereocenters. The zero-order valence-corrected chi connectivity index (χ0v) is 10.9. The molecule has 0 aromatic heterocycles. The topological polar surface area (TPSA) is 24.7 Å². The van der Waals surface area contributed by atoms with Gasteiger partial charge in [0.25, 0.3) is 0 Å². The molecular weight excluding hydrogens is 208 g/mol. The summed E-state index contributed by atoms with van der Waals surface area (Å²) in [5.41, 5.74) is 2.26. The van der Waals surface area contributed by atoms with Gasteiger partial charge in [0.1, 0.15) is 0 Å². The number of aryl methyl sites for hydroxylation is 1. The van der Waals surface area contributed by atoms with E-state index in [1.54, 1.807) is 0 Å². The molecule has 0 aliphatic carbocycles. The van der Waals surface area contributed by atoms with Crippen LogP contribution in [0.2, 0.25) is 0 Å². The second-order valence-electron chi connectivity index (χ2n) is 4.17. The summed E-state index contributed by atoms with van der Waals surface area (Å²) < 4.78 is 0. The molecule has 0 bridgehead atoms. The molecule has 1 aromatic rings. The van der Waals surface area contributed by atoms with Crippen LogP contribution >= 0.6 is 0 Å². The SMILES string of the molecule is CCCCCCN=C=Nc1ccc(CC)cc1. The number of hydrogen-bond acceptors (Lipinski definition) is 2. The molecule has 0 heterocycles. The van der Waals surface area contributed by atoms with Crippen molar-refractivity contribution in [2.24, 2.45) is 9.98 Å². The molecule has 92 valence electrons. The Morgan fingerprint density at radius 3 is 2.41 bits per heavy atom. The predicted octanol–water partition coefficient (Wildman–Crippen LogP) is 4.63. The zero-order chi connectivity index (χ0) is 12.3. The third-order valence-electron chi connectivity index (χ3n) is 2.72. The third kappa shape index (κ3) is 6.03. The number of unbranched alkanes of at least 4 members (excludes halogenated alkanes) is 3. The lowest BCUT2D eigenvalue weighted by Crippen LogP contribution is -1.80. The Labute approximate surface area is 105 Å². The van der Waals surface area contributed by atoms with Gasteiger partial charge in [-0.05, 0) is 30.5 Å². The normalized spacial score (nSPS) is 9.76. The molecule has 0 N–H and O–H groups in total. The molecule has 0 radical (unpaired) electrons. The smallest absolute Gasteiger partial charge is 0.0948 e. The number of nitrogens with zero attached hydrogens (tertiary/aromatic N) is 2.